The van der Waals surface area contributed by atoms with Crippen LogP contribution in [0.1, 0.15) is 57.8 Å². The fourth-order valence-electron chi connectivity index (χ4n) is 2.77. The molecule has 1 saturated heterocycles. The Kier molecular flexibility index (Phi) is 5.20. The molecule has 0 amide bonds. The van der Waals surface area contributed by atoms with E-state index in [0.717, 1.165) is 6.54 Å². The largest absolute Gasteiger partial charge is 0.361 e. The van der Waals surface area contributed by atoms with Gasteiger partial charge < -0.3 is 4.90 Å². The second-order valence-corrected chi connectivity index (χ2v) is 5.14. The summed E-state index contributed by atoms with van der Waals surface area (Å²) in [5, 5.41) is 3.60. The van der Waals surface area contributed by atoms with E-state index in [-0.39, 0.29) is 0 Å². The highest BCUT2D eigenvalue weighted by Crippen LogP contribution is 2.16. The summed E-state index contributed by atoms with van der Waals surface area (Å²) in [4.78, 5) is 2.50. The first-order valence-electron chi connectivity index (χ1n) is 7.12. The number of nitrogens with zero attached hydrogens (tertiary/aromatic N) is 1. The van der Waals surface area contributed by atoms with Gasteiger partial charge in [-0.2, -0.15) is 0 Å². The SMILES string of the molecule is C1=CN2CCNC2CCCCCCCCC1. The molecule has 0 bridgehead atoms. The van der Waals surface area contributed by atoms with Crippen LogP contribution in [-0.2, 0) is 0 Å². The third kappa shape index (κ3) is 3.82. The quantitative estimate of drug-likeness (QED) is 0.677. The Morgan fingerprint density at radius 3 is 2.56 bits per heavy atom. The Morgan fingerprint density at radius 2 is 1.69 bits per heavy atom. The molecule has 0 aromatic heterocycles. The Bertz CT molecular complexity index is 213. The molecule has 0 aromatic rings. The normalized spacial score (nSPS) is 29.0. The van der Waals surface area contributed by atoms with E-state index >= 15 is 0 Å². The molecule has 1 N–H and O–H groups in total. The van der Waals surface area contributed by atoms with Crippen LogP contribution in [0.5, 0.6) is 0 Å². The molecular formula is C14H26N2. The average molecular weight is 222 g/mol. The summed E-state index contributed by atoms with van der Waals surface area (Å²) >= 11 is 0. The first-order valence-corrected chi connectivity index (χ1v) is 7.12. The highest BCUT2D eigenvalue weighted by Gasteiger charge is 2.19. The van der Waals surface area contributed by atoms with Gasteiger partial charge in [0.05, 0.1) is 6.17 Å². The maximum absolute atomic E-state index is 3.60. The molecule has 2 heteroatoms. The molecule has 16 heavy (non-hydrogen) atoms. The van der Waals surface area contributed by atoms with Gasteiger partial charge in [-0.1, -0.05) is 44.6 Å². The number of allylic oxidation sites excluding steroid dienone is 1. The first-order chi connectivity index (χ1) is 7.97. The Hall–Kier alpha value is -0.500. The summed E-state index contributed by atoms with van der Waals surface area (Å²) in [5.74, 6) is 0. The smallest absolute Gasteiger partial charge is 0.0791 e. The second-order valence-electron chi connectivity index (χ2n) is 5.14. The van der Waals surface area contributed by atoms with Crippen molar-refractivity contribution in [3.63, 3.8) is 0 Å². The summed E-state index contributed by atoms with van der Waals surface area (Å²) in [7, 11) is 0. The summed E-state index contributed by atoms with van der Waals surface area (Å²) in [5.41, 5.74) is 0. The van der Waals surface area contributed by atoms with Crippen LogP contribution in [0.4, 0.5) is 0 Å². The van der Waals surface area contributed by atoms with Crippen LogP contribution in [0.15, 0.2) is 12.3 Å². The number of hydrogen-bond acceptors (Lipinski definition) is 2. The molecule has 2 aliphatic rings. The molecule has 0 saturated carbocycles. The molecule has 0 spiro atoms. The van der Waals surface area contributed by atoms with Crippen LogP contribution in [0.3, 0.4) is 0 Å². The van der Waals surface area contributed by atoms with Gasteiger partial charge in [-0.25, -0.2) is 0 Å². The standard InChI is InChI=1S/C14H26N2/c1-2-4-6-8-10-14-15-11-13-16(14)12-9-7-5-3-1/h9,12,14-15H,1-8,10-11,13H2. The van der Waals surface area contributed by atoms with Gasteiger partial charge in [0, 0.05) is 13.1 Å². The van der Waals surface area contributed by atoms with Crippen LogP contribution >= 0.6 is 0 Å². The van der Waals surface area contributed by atoms with Crippen molar-refractivity contribution in [2.75, 3.05) is 13.1 Å². The molecule has 0 aliphatic carbocycles. The Balaban J connectivity index is 1.83. The van der Waals surface area contributed by atoms with E-state index in [1.54, 1.807) is 0 Å². The lowest BCUT2D eigenvalue weighted by molar-refractivity contribution is 0.303. The van der Waals surface area contributed by atoms with Crippen molar-refractivity contribution in [3.05, 3.63) is 12.3 Å². The third-order valence-electron chi connectivity index (χ3n) is 3.80. The zero-order chi connectivity index (χ0) is 11.1. The molecule has 1 unspecified atom stereocenters. The number of hydrogen-bond donors (Lipinski definition) is 1. The van der Waals surface area contributed by atoms with Crippen molar-refractivity contribution in [2.24, 2.45) is 0 Å². The molecule has 0 aromatic carbocycles. The van der Waals surface area contributed by atoms with E-state index < -0.39 is 0 Å². The Labute approximate surface area is 100 Å². The average Bonchev–Trinajstić information content (AvgIpc) is 2.73. The van der Waals surface area contributed by atoms with Gasteiger partial charge in [-0.05, 0) is 25.5 Å². The van der Waals surface area contributed by atoms with E-state index in [1.807, 2.05) is 0 Å². The van der Waals surface area contributed by atoms with Crippen LogP contribution in [0.25, 0.3) is 0 Å². The molecule has 92 valence electrons. The highest BCUT2D eigenvalue weighted by atomic mass is 15.3. The molecule has 2 aliphatic heterocycles. The second kappa shape index (κ2) is 6.95. The molecule has 2 heterocycles. The summed E-state index contributed by atoms with van der Waals surface area (Å²) in [6.07, 6.45) is 17.9. The van der Waals surface area contributed by atoms with E-state index in [4.69, 9.17) is 0 Å². The van der Waals surface area contributed by atoms with Crippen LogP contribution < -0.4 is 5.32 Å². The lowest BCUT2D eigenvalue weighted by atomic mass is 10.1. The minimum atomic E-state index is 0.622. The van der Waals surface area contributed by atoms with Crippen LogP contribution in [0.2, 0.25) is 0 Å². The van der Waals surface area contributed by atoms with Gasteiger partial charge >= 0.3 is 0 Å². The molecule has 1 fully saturated rings. The maximum atomic E-state index is 3.60. The topological polar surface area (TPSA) is 15.3 Å². The van der Waals surface area contributed by atoms with Crippen molar-refractivity contribution in [1.82, 2.24) is 10.2 Å². The van der Waals surface area contributed by atoms with Crippen molar-refractivity contribution >= 4 is 0 Å². The van der Waals surface area contributed by atoms with Gasteiger partial charge in [0.2, 0.25) is 0 Å². The van der Waals surface area contributed by atoms with E-state index in [1.165, 1.54) is 64.3 Å². The van der Waals surface area contributed by atoms with Crippen molar-refractivity contribution in [2.45, 2.75) is 64.0 Å². The van der Waals surface area contributed by atoms with Crippen molar-refractivity contribution in [1.29, 1.82) is 0 Å². The van der Waals surface area contributed by atoms with E-state index in [9.17, 15) is 0 Å². The fourth-order valence-corrected chi connectivity index (χ4v) is 2.77. The molecular weight excluding hydrogens is 196 g/mol. The minimum absolute atomic E-state index is 0.622. The number of fused-ring (bicyclic) bond motifs is 1. The van der Waals surface area contributed by atoms with Gasteiger partial charge in [0.15, 0.2) is 0 Å². The monoisotopic (exact) mass is 222 g/mol. The van der Waals surface area contributed by atoms with E-state index in [0.29, 0.717) is 6.17 Å². The summed E-state index contributed by atoms with van der Waals surface area (Å²) in [6, 6.07) is 0. The van der Waals surface area contributed by atoms with Crippen molar-refractivity contribution < 1.29 is 0 Å². The highest BCUT2D eigenvalue weighted by molar-refractivity contribution is 4.90. The lowest BCUT2D eigenvalue weighted by Crippen LogP contribution is -2.31. The fraction of sp³-hybridized carbons (Fsp3) is 0.857. The van der Waals surface area contributed by atoms with Gasteiger partial charge in [0.25, 0.3) is 0 Å². The number of rotatable bonds is 0. The molecule has 2 rings (SSSR count). The zero-order valence-corrected chi connectivity index (χ0v) is 10.5. The van der Waals surface area contributed by atoms with E-state index in [2.05, 4.69) is 22.5 Å². The van der Waals surface area contributed by atoms with Gasteiger partial charge in [0.1, 0.15) is 0 Å². The summed E-state index contributed by atoms with van der Waals surface area (Å²) < 4.78 is 0. The van der Waals surface area contributed by atoms with Gasteiger partial charge in [-0.3, -0.25) is 5.32 Å². The zero-order valence-electron chi connectivity index (χ0n) is 10.5. The third-order valence-corrected chi connectivity index (χ3v) is 3.80. The molecule has 0 radical (unpaired) electrons. The van der Waals surface area contributed by atoms with Crippen LogP contribution in [0, 0.1) is 0 Å². The molecule has 1 atom stereocenters. The minimum Gasteiger partial charge on any atom is -0.361 e. The van der Waals surface area contributed by atoms with Crippen LogP contribution in [-0.4, -0.2) is 24.2 Å². The molecule has 2 nitrogen and oxygen atoms in total. The predicted molar refractivity (Wildman–Crippen MR) is 69.2 cm³/mol. The lowest BCUT2D eigenvalue weighted by Gasteiger charge is -2.22. The predicted octanol–water partition coefficient (Wildman–Crippen LogP) is 3.26. The summed E-state index contributed by atoms with van der Waals surface area (Å²) in [6.45, 7) is 2.36. The number of nitrogens with one attached hydrogen (secondary N) is 1. The Morgan fingerprint density at radius 1 is 0.938 bits per heavy atom. The van der Waals surface area contributed by atoms with Gasteiger partial charge in [-0.15, -0.1) is 0 Å². The first kappa shape index (κ1) is 12.0. The van der Waals surface area contributed by atoms with Crippen molar-refractivity contribution in [3.8, 4) is 0 Å². The maximum Gasteiger partial charge on any atom is 0.0791 e.